The summed E-state index contributed by atoms with van der Waals surface area (Å²) in [5, 5.41) is 8.08. The van der Waals surface area contributed by atoms with Crippen LogP contribution in [0.3, 0.4) is 0 Å². The number of benzene rings is 1. The van der Waals surface area contributed by atoms with Crippen molar-refractivity contribution in [1.29, 1.82) is 0 Å². The Kier molecular flexibility index (Phi) is 5.58. The molecule has 0 aliphatic rings. The van der Waals surface area contributed by atoms with Gasteiger partial charge in [0.2, 0.25) is 0 Å². The topological polar surface area (TPSA) is 88.2 Å². The lowest BCUT2D eigenvalue weighted by atomic mass is 10.1. The normalized spacial score (nSPS) is 10.7. The Morgan fingerprint density at radius 3 is 1.64 bits per heavy atom. The molecule has 146 valence electrons. The molecule has 2 aromatic heterocycles. The summed E-state index contributed by atoms with van der Waals surface area (Å²) in [4.78, 5) is 24.4. The zero-order valence-corrected chi connectivity index (χ0v) is 16.3. The molecule has 0 aliphatic carbocycles. The standard InChI is InChI=1S/C20H22N4O4/c1-13-17(9-21-23(13)3)19(25)27-11-15-6-5-7-16(8-15)12-28-20(26)18-10-22-24(4)14(18)2/h5-10H,11-12H2,1-4H3. The molecule has 0 saturated heterocycles. The number of carbonyl (C=O) groups is 2. The second kappa shape index (κ2) is 8.08. The van der Waals surface area contributed by atoms with Gasteiger partial charge in [0, 0.05) is 25.5 Å². The monoisotopic (exact) mass is 382 g/mol. The van der Waals surface area contributed by atoms with Crippen molar-refractivity contribution >= 4 is 11.9 Å². The number of carbonyl (C=O) groups excluding carboxylic acids is 2. The van der Waals surface area contributed by atoms with Crippen molar-refractivity contribution < 1.29 is 19.1 Å². The molecule has 0 N–H and O–H groups in total. The second-order valence-corrected chi connectivity index (χ2v) is 6.51. The van der Waals surface area contributed by atoms with Gasteiger partial charge in [-0.05, 0) is 31.0 Å². The number of esters is 2. The predicted octanol–water partition coefficient (Wildman–Crippen LogP) is 2.48. The quantitative estimate of drug-likeness (QED) is 0.609. The predicted molar refractivity (Wildman–Crippen MR) is 101 cm³/mol. The molecule has 28 heavy (non-hydrogen) atoms. The zero-order chi connectivity index (χ0) is 20.3. The minimum Gasteiger partial charge on any atom is -0.457 e. The van der Waals surface area contributed by atoms with E-state index >= 15 is 0 Å². The minimum absolute atomic E-state index is 0.122. The van der Waals surface area contributed by atoms with Crippen LogP contribution in [0.4, 0.5) is 0 Å². The summed E-state index contributed by atoms with van der Waals surface area (Å²) in [7, 11) is 3.54. The molecule has 1 aromatic carbocycles. The van der Waals surface area contributed by atoms with Gasteiger partial charge < -0.3 is 9.47 Å². The summed E-state index contributed by atoms with van der Waals surface area (Å²) in [6, 6.07) is 7.36. The van der Waals surface area contributed by atoms with E-state index in [9.17, 15) is 9.59 Å². The molecule has 3 aromatic rings. The van der Waals surface area contributed by atoms with Gasteiger partial charge in [-0.15, -0.1) is 0 Å². The summed E-state index contributed by atoms with van der Waals surface area (Å²) in [6.07, 6.45) is 2.99. The fourth-order valence-corrected chi connectivity index (χ4v) is 2.66. The molecule has 8 nitrogen and oxygen atoms in total. The molecule has 8 heteroatoms. The van der Waals surface area contributed by atoms with Crippen molar-refractivity contribution in [3.63, 3.8) is 0 Å². The Bertz CT molecular complexity index is 942. The van der Waals surface area contributed by atoms with E-state index in [1.165, 1.54) is 12.4 Å². The lowest BCUT2D eigenvalue weighted by molar-refractivity contribution is 0.0470. The third kappa shape index (κ3) is 4.11. The van der Waals surface area contributed by atoms with Crippen molar-refractivity contribution in [3.8, 4) is 0 Å². The molecule has 0 radical (unpaired) electrons. The first-order valence-corrected chi connectivity index (χ1v) is 8.76. The van der Waals surface area contributed by atoms with E-state index in [0.29, 0.717) is 11.1 Å². The smallest absolute Gasteiger partial charge is 0.341 e. The van der Waals surface area contributed by atoms with Crippen molar-refractivity contribution in [2.45, 2.75) is 27.1 Å². The Labute approximate surface area is 162 Å². The highest BCUT2D eigenvalue weighted by atomic mass is 16.5. The maximum atomic E-state index is 12.2. The average Bonchev–Trinajstić information content (AvgIpc) is 3.20. The highest BCUT2D eigenvalue weighted by molar-refractivity contribution is 5.90. The lowest BCUT2D eigenvalue weighted by Gasteiger charge is -2.08. The number of hydrogen-bond acceptors (Lipinski definition) is 6. The van der Waals surface area contributed by atoms with E-state index in [0.717, 1.165) is 22.5 Å². The average molecular weight is 382 g/mol. The number of aromatic nitrogens is 4. The molecule has 2 heterocycles. The number of aryl methyl sites for hydroxylation is 2. The first-order valence-electron chi connectivity index (χ1n) is 8.76. The molecule has 0 saturated carbocycles. The number of nitrogens with zero attached hydrogens (tertiary/aromatic N) is 4. The minimum atomic E-state index is -0.422. The van der Waals surface area contributed by atoms with Gasteiger partial charge >= 0.3 is 11.9 Å². The van der Waals surface area contributed by atoms with E-state index in [4.69, 9.17) is 9.47 Å². The van der Waals surface area contributed by atoms with Crippen LogP contribution in [0.2, 0.25) is 0 Å². The fraction of sp³-hybridized carbons (Fsp3) is 0.300. The van der Waals surface area contributed by atoms with Crippen LogP contribution in [0.15, 0.2) is 36.7 Å². The van der Waals surface area contributed by atoms with Gasteiger partial charge in [-0.2, -0.15) is 10.2 Å². The van der Waals surface area contributed by atoms with Crippen molar-refractivity contribution in [2.24, 2.45) is 14.1 Å². The van der Waals surface area contributed by atoms with E-state index in [1.54, 1.807) is 23.5 Å². The molecule has 0 unspecified atom stereocenters. The van der Waals surface area contributed by atoms with Crippen LogP contribution < -0.4 is 0 Å². The maximum absolute atomic E-state index is 12.2. The SMILES string of the molecule is Cc1c(C(=O)OCc2cccc(COC(=O)c3cnn(C)c3C)c2)cnn1C. The van der Waals surface area contributed by atoms with Crippen molar-refractivity contribution in [3.05, 3.63) is 70.3 Å². The molecule has 0 atom stereocenters. The van der Waals surface area contributed by atoms with Crippen molar-refractivity contribution in [2.75, 3.05) is 0 Å². The Morgan fingerprint density at radius 1 is 0.857 bits per heavy atom. The molecule has 3 rings (SSSR count). The van der Waals surface area contributed by atoms with Gasteiger partial charge in [0.15, 0.2) is 0 Å². The molecular formula is C20H22N4O4. The van der Waals surface area contributed by atoms with Gasteiger partial charge in [0.1, 0.15) is 24.3 Å². The number of ether oxygens (including phenoxy) is 2. The van der Waals surface area contributed by atoms with Crippen LogP contribution in [-0.4, -0.2) is 31.5 Å². The summed E-state index contributed by atoms with van der Waals surface area (Å²) in [6.45, 7) is 3.86. The van der Waals surface area contributed by atoms with E-state index < -0.39 is 11.9 Å². The Morgan fingerprint density at radius 2 is 1.29 bits per heavy atom. The lowest BCUT2D eigenvalue weighted by Crippen LogP contribution is -2.08. The Hall–Kier alpha value is -3.42. The van der Waals surface area contributed by atoms with Crippen LogP contribution in [0.5, 0.6) is 0 Å². The van der Waals surface area contributed by atoms with E-state index in [-0.39, 0.29) is 13.2 Å². The van der Waals surface area contributed by atoms with Crippen molar-refractivity contribution in [1.82, 2.24) is 19.6 Å². The summed E-state index contributed by atoms with van der Waals surface area (Å²) in [5.41, 5.74) is 3.99. The summed E-state index contributed by atoms with van der Waals surface area (Å²) in [5.74, 6) is -0.844. The summed E-state index contributed by atoms with van der Waals surface area (Å²) < 4.78 is 14.0. The second-order valence-electron chi connectivity index (χ2n) is 6.51. The van der Waals surface area contributed by atoms with Crippen LogP contribution in [0, 0.1) is 13.8 Å². The highest BCUT2D eigenvalue weighted by Gasteiger charge is 2.16. The van der Waals surface area contributed by atoms with E-state index in [2.05, 4.69) is 10.2 Å². The third-order valence-corrected chi connectivity index (χ3v) is 4.64. The largest absolute Gasteiger partial charge is 0.457 e. The molecule has 0 bridgehead atoms. The highest BCUT2D eigenvalue weighted by Crippen LogP contribution is 2.13. The van der Waals surface area contributed by atoms with Gasteiger partial charge in [0.25, 0.3) is 0 Å². The van der Waals surface area contributed by atoms with Crippen LogP contribution in [0.1, 0.15) is 43.2 Å². The molecule has 0 spiro atoms. The Balaban J connectivity index is 1.58. The zero-order valence-electron chi connectivity index (χ0n) is 16.3. The van der Waals surface area contributed by atoms with Gasteiger partial charge in [0.05, 0.1) is 12.4 Å². The number of rotatable bonds is 6. The summed E-state index contributed by atoms with van der Waals surface area (Å²) >= 11 is 0. The first-order chi connectivity index (χ1) is 13.4. The first kappa shape index (κ1) is 19.3. The number of hydrogen-bond donors (Lipinski definition) is 0. The molecule has 0 aliphatic heterocycles. The maximum Gasteiger partial charge on any atom is 0.341 e. The van der Waals surface area contributed by atoms with Crippen LogP contribution in [-0.2, 0) is 36.8 Å². The molecule has 0 fully saturated rings. The third-order valence-electron chi connectivity index (χ3n) is 4.64. The van der Waals surface area contributed by atoms with Crippen LogP contribution in [0.25, 0.3) is 0 Å². The molecule has 0 amide bonds. The molecular weight excluding hydrogens is 360 g/mol. The fourth-order valence-electron chi connectivity index (χ4n) is 2.66. The van der Waals surface area contributed by atoms with Crippen LogP contribution >= 0.6 is 0 Å². The van der Waals surface area contributed by atoms with Gasteiger partial charge in [-0.3, -0.25) is 9.36 Å². The van der Waals surface area contributed by atoms with E-state index in [1.807, 2.05) is 38.1 Å². The van der Waals surface area contributed by atoms with Gasteiger partial charge in [-0.1, -0.05) is 18.2 Å². The van der Waals surface area contributed by atoms with Gasteiger partial charge in [-0.25, -0.2) is 9.59 Å².